The summed E-state index contributed by atoms with van der Waals surface area (Å²) in [4.78, 5) is 0. The standard InChI is InChI=1S/C7H14Cl3P/c1-3-5-11(6-4-2)7(8,9)10/h3-6H2,1-2H3. The molecule has 0 unspecified atom stereocenters. The molecular formula is C7H14Cl3P. The largest absolute Gasteiger partial charge is 0.208 e. The van der Waals surface area contributed by atoms with Crippen molar-refractivity contribution in [1.29, 1.82) is 0 Å². The zero-order chi connectivity index (χ0) is 8.91. The summed E-state index contributed by atoms with van der Waals surface area (Å²) in [5, 5.41) is 0. The van der Waals surface area contributed by atoms with Gasteiger partial charge >= 0.3 is 0 Å². The molecule has 0 aliphatic rings. The second-order valence-corrected chi connectivity index (χ2v) is 8.17. The second kappa shape index (κ2) is 5.86. The van der Waals surface area contributed by atoms with Gasteiger partial charge in [0.05, 0.1) is 0 Å². The van der Waals surface area contributed by atoms with Crippen molar-refractivity contribution in [1.82, 2.24) is 0 Å². The van der Waals surface area contributed by atoms with Crippen LogP contribution in [-0.2, 0) is 0 Å². The highest BCUT2D eigenvalue weighted by Gasteiger charge is 2.29. The average Bonchev–Trinajstić information content (AvgIpc) is 1.85. The van der Waals surface area contributed by atoms with Gasteiger partial charge in [0.15, 0.2) is 0 Å². The molecule has 4 heteroatoms. The molecule has 0 N–H and O–H groups in total. The molecule has 0 aliphatic carbocycles. The van der Waals surface area contributed by atoms with E-state index in [1.807, 2.05) is 0 Å². The van der Waals surface area contributed by atoms with Crippen molar-refractivity contribution in [3.05, 3.63) is 0 Å². The third kappa shape index (κ3) is 5.53. The molecule has 0 spiro atoms. The van der Waals surface area contributed by atoms with Crippen LogP contribution in [0.2, 0.25) is 0 Å². The van der Waals surface area contributed by atoms with Gasteiger partial charge < -0.3 is 0 Å². The fraction of sp³-hybridized carbons (Fsp3) is 1.00. The highest BCUT2D eigenvalue weighted by atomic mass is 35.6. The van der Waals surface area contributed by atoms with Crippen LogP contribution >= 0.6 is 42.7 Å². The Morgan fingerprint density at radius 3 is 1.55 bits per heavy atom. The molecule has 0 nitrogen and oxygen atoms in total. The molecule has 0 saturated heterocycles. The first-order chi connectivity index (χ1) is 5.02. The van der Waals surface area contributed by atoms with E-state index in [0.29, 0.717) is 0 Å². The number of halogens is 3. The quantitative estimate of drug-likeness (QED) is 0.493. The maximum Gasteiger partial charge on any atom is 0.208 e. The van der Waals surface area contributed by atoms with E-state index in [9.17, 15) is 0 Å². The highest BCUT2D eigenvalue weighted by Crippen LogP contribution is 2.58. The molecule has 0 aromatic rings. The van der Waals surface area contributed by atoms with Gasteiger partial charge in [0.2, 0.25) is 3.53 Å². The van der Waals surface area contributed by atoms with E-state index in [1.54, 1.807) is 0 Å². The molecule has 68 valence electrons. The number of rotatable bonds is 4. The van der Waals surface area contributed by atoms with E-state index in [4.69, 9.17) is 34.8 Å². The molecule has 0 radical (unpaired) electrons. The Morgan fingerprint density at radius 1 is 1.00 bits per heavy atom. The zero-order valence-electron chi connectivity index (χ0n) is 6.91. The molecule has 0 rings (SSSR count). The predicted octanol–water partition coefficient (Wildman–Crippen LogP) is 4.62. The van der Waals surface area contributed by atoms with Gasteiger partial charge in [-0.2, -0.15) is 0 Å². The Morgan fingerprint density at radius 2 is 1.36 bits per heavy atom. The topological polar surface area (TPSA) is 0 Å². The van der Waals surface area contributed by atoms with Crippen LogP contribution in [0.4, 0.5) is 0 Å². The monoisotopic (exact) mass is 234 g/mol. The molecule has 0 bridgehead atoms. The van der Waals surface area contributed by atoms with Crippen molar-refractivity contribution in [2.75, 3.05) is 12.3 Å². The van der Waals surface area contributed by atoms with E-state index >= 15 is 0 Å². The molecule has 0 atom stereocenters. The fourth-order valence-corrected chi connectivity index (χ4v) is 4.24. The van der Waals surface area contributed by atoms with Crippen molar-refractivity contribution in [3.8, 4) is 0 Å². The SMILES string of the molecule is CCCP(CCC)C(Cl)(Cl)Cl. The van der Waals surface area contributed by atoms with E-state index < -0.39 is 11.5 Å². The Labute approximate surface area is 85.3 Å². The normalized spacial score (nSPS) is 12.5. The van der Waals surface area contributed by atoms with E-state index in [-0.39, 0.29) is 0 Å². The van der Waals surface area contributed by atoms with Gasteiger partial charge in [-0.25, -0.2) is 0 Å². The van der Waals surface area contributed by atoms with Crippen molar-refractivity contribution in [3.63, 3.8) is 0 Å². The Hall–Kier alpha value is 1.30. The summed E-state index contributed by atoms with van der Waals surface area (Å²) < 4.78 is -0.999. The molecular weight excluding hydrogens is 221 g/mol. The molecule has 0 fully saturated rings. The second-order valence-electron chi connectivity index (χ2n) is 2.45. The summed E-state index contributed by atoms with van der Waals surface area (Å²) in [6.07, 6.45) is 4.36. The van der Waals surface area contributed by atoms with Crippen molar-refractivity contribution in [2.45, 2.75) is 30.2 Å². The molecule has 0 heterocycles. The van der Waals surface area contributed by atoms with Crippen LogP contribution in [0.1, 0.15) is 26.7 Å². The maximum atomic E-state index is 5.82. The van der Waals surface area contributed by atoms with Crippen LogP contribution in [0.25, 0.3) is 0 Å². The summed E-state index contributed by atoms with van der Waals surface area (Å²) >= 11 is 17.4. The van der Waals surface area contributed by atoms with Crippen LogP contribution in [0.15, 0.2) is 0 Å². The van der Waals surface area contributed by atoms with E-state index in [1.165, 1.54) is 0 Å². The molecule has 0 aromatic heterocycles. The van der Waals surface area contributed by atoms with Gasteiger partial charge in [-0.1, -0.05) is 69.4 Å². The zero-order valence-corrected chi connectivity index (χ0v) is 10.1. The minimum absolute atomic E-state index is 0.406. The summed E-state index contributed by atoms with van der Waals surface area (Å²) in [5.74, 6) is 0. The maximum absolute atomic E-state index is 5.82. The molecule has 0 saturated carbocycles. The molecule has 0 aromatic carbocycles. The molecule has 0 amide bonds. The van der Waals surface area contributed by atoms with Crippen molar-refractivity contribution < 1.29 is 0 Å². The summed E-state index contributed by atoms with van der Waals surface area (Å²) in [7, 11) is -0.406. The summed E-state index contributed by atoms with van der Waals surface area (Å²) in [6.45, 7) is 4.25. The Kier molecular flexibility index (Phi) is 6.56. The van der Waals surface area contributed by atoms with E-state index in [2.05, 4.69) is 13.8 Å². The van der Waals surface area contributed by atoms with Gasteiger partial charge in [0.1, 0.15) is 0 Å². The van der Waals surface area contributed by atoms with Gasteiger partial charge in [0, 0.05) is 0 Å². The number of hydrogen-bond donors (Lipinski definition) is 0. The summed E-state index contributed by atoms with van der Waals surface area (Å²) in [6, 6.07) is 0. The van der Waals surface area contributed by atoms with E-state index in [0.717, 1.165) is 25.2 Å². The van der Waals surface area contributed by atoms with Crippen LogP contribution in [0.5, 0.6) is 0 Å². The Balaban J connectivity index is 3.88. The first-order valence-corrected chi connectivity index (χ1v) is 6.68. The van der Waals surface area contributed by atoms with Crippen molar-refractivity contribution in [2.24, 2.45) is 0 Å². The van der Waals surface area contributed by atoms with Crippen LogP contribution in [0, 0.1) is 0 Å². The third-order valence-electron chi connectivity index (χ3n) is 1.35. The minimum Gasteiger partial charge on any atom is -0.0788 e. The number of alkyl halides is 3. The smallest absolute Gasteiger partial charge is 0.0788 e. The van der Waals surface area contributed by atoms with Gasteiger partial charge in [-0.05, 0) is 12.3 Å². The lowest BCUT2D eigenvalue weighted by Crippen LogP contribution is -2.05. The summed E-state index contributed by atoms with van der Waals surface area (Å²) in [5.41, 5.74) is 0. The Bertz CT molecular complexity index is 94.3. The van der Waals surface area contributed by atoms with Gasteiger partial charge in [-0.3, -0.25) is 0 Å². The first kappa shape index (κ1) is 12.3. The minimum atomic E-state index is -0.999. The fourth-order valence-electron chi connectivity index (χ4n) is 0.905. The lowest BCUT2D eigenvalue weighted by molar-refractivity contribution is 1.05. The predicted molar refractivity (Wildman–Crippen MR) is 57.5 cm³/mol. The lowest BCUT2D eigenvalue weighted by Gasteiger charge is -2.23. The van der Waals surface area contributed by atoms with Gasteiger partial charge in [0.25, 0.3) is 0 Å². The third-order valence-corrected chi connectivity index (χ3v) is 6.19. The van der Waals surface area contributed by atoms with Gasteiger partial charge in [-0.15, -0.1) is 0 Å². The highest BCUT2D eigenvalue weighted by molar-refractivity contribution is 7.65. The van der Waals surface area contributed by atoms with Crippen LogP contribution in [-0.4, -0.2) is 15.9 Å². The number of hydrogen-bond acceptors (Lipinski definition) is 0. The first-order valence-electron chi connectivity index (χ1n) is 3.84. The lowest BCUT2D eigenvalue weighted by atomic mass is 10.6. The van der Waals surface area contributed by atoms with Crippen LogP contribution < -0.4 is 0 Å². The molecule has 0 aliphatic heterocycles. The van der Waals surface area contributed by atoms with Crippen molar-refractivity contribution >= 4 is 42.7 Å². The molecule has 11 heavy (non-hydrogen) atoms. The average molecular weight is 236 g/mol. The van der Waals surface area contributed by atoms with Crippen LogP contribution in [0.3, 0.4) is 0 Å².